The van der Waals surface area contributed by atoms with Crippen LogP contribution in [0.5, 0.6) is 5.75 Å². The third-order valence-corrected chi connectivity index (χ3v) is 5.37. The SMILES string of the molecule is NC(=O)c1ccc(OCCC(=O)N2C[C@@H]3CCC[C@@]3(C(=O)O)C2)cc1. The number of carbonyl (C=O) groups excluding carboxylic acids is 2. The monoisotopic (exact) mass is 346 g/mol. The van der Waals surface area contributed by atoms with Crippen molar-refractivity contribution in [2.75, 3.05) is 19.7 Å². The average Bonchev–Trinajstić information content (AvgIpc) is 3.13. The van der Waals surface area contributed by atoms with Crippen molar-refractivity contribution in [2.24, 2.45) is 17.1 Å². The topological polar surface area (TPSA) is 110 Å². The van der Waals surface area contributed by atoms with Gasteiger partial charge in [-0.2, -0.15) is 0 Å². The second kappa shape index (κ2) is 6.74. The minimum atomic E-state index is -0.781. The van der Waals surface area contributed by atoms with Crippen molar-refractivity contribution in [3.05, 3.63) is 29.8 Å². The number of benzene rings is 1. The molecule has 3 rings (SSSR count). The summed E-state index contributed by atoms with van der Waals surface area (Å²) in [5, 5.41) is 9.56. The summed E-state index contributed by atoms with van der Waals surface area (Å²) in [6.45, 7) is 1.04. The fourth-order valence-corrected chi connectivity index (χ4v) is 3.96. The van der Waals surface area contributed by atoms with E-state index in [2.05, 4.69) is 0 Å². The number of nitrogens with zero attached hydrogens (tertiary/aromatic N) is 1. The van der Waals surface area contributed by atoms with Gasteiger partial charge in [-0.1, -0.05) is 6.42 Å². The number of carboxylic acid groups (broad SMARTS) is 1. The van der Waals surface area contributed by atoms with E-state index >= 15 is 0 Å². The summed E-state index contributed by atoms with van der Waals surface area (Å²) in [7, 11) is 0. The van der Waals surface area contributed by atoms with Crippen molar-refractivity contribution in [1.29, 1.82) is 0 Å². The van der Waals surface area contributed by atoms with Crippen molar-refractivity contribution < 1.29 is 24.2 Å². The molecule has 1 aliphatic carbocycles. The minimum absolute atomic E-state index is 0.0659. The Morgan fingerprint density at radius 3 is 2.60 bits per heavy atom. The smallest absolute Gasteiger partial charge is 0.311 e. The molecule has 0 radical (unpaired) electrons. The number of likely N-dealkylation sites (tertiary alicyclic amines) is 1. The molecular weight excluding hydrogens is 324 g/mol. The van der Waals surface area contributed by atoms with Gasteiger partial charge >= 0.3 is 5.97 Å². The molecule has 3 N–H and O–H groups in total. The van der Waals surface area contributed by atoms with Gasteiger partial charge in [0.05, 0.1) is 18.4 Å². The van der Waals surface area contributed by atoms with Crippen LogP contribution in [0.15, 0.2) is 24.3 Å². The van der Waals surface area contributed by atoms with Crippen LogP contribution >= 0.6 is 0 Å². The number of amides is 2. The van der Waals surface area contributed by atoms with E-state index in [1.54, 1.807) is 29.2 Å². The van der Waals surface area contributed by atoms with Gasteiger partial charge in [-0.05, 0) is 43.0 Å². The first kappa shape index (κ1) is 17.3. The molecule has 2 amide bonds. The van der Waals surface area contributed by atoms with Gasteiger partial charge in [-0.25, -0.2) is 0 Å². The van der Waals surface area contributed by atoms with Crippen LogP contribution in [0.25, 0.3) is 0 Å². The zero-order valence-corrected chi connectivity index (χ0v) is 13.9. The predicted molar refractivity (Wildman–Crippen MR) is 89.1 cm³/mol. The van der Waals surface area contributed by atoms with Gasteiger partial charge in [0.15, 0.2) is 0 Å². The predicted octanol–water partition coefficient (Wildman–Crippen LogP) is 1.27. The highest BCUT2D eigenvalue weighted by atomic mass is 16.5. The summed E-state index contributed by atoms with van der Waals surface area (Å²) in [5.74, 6) is -0.747. The molecule has 0 bridgehead atoms. The molecule has 7 nitrogen and oxygen atoms in total. The molecular formula is C18H22N2O5. The Morgan fingerprint density at radius 2 is 2.00 bits per heavy atom. The normalized spacial score (nSPS) is 24.8. The highest BCUT2D eigenvalue weighted by molar-refractivity contribution is 5.92. The fraction of sp³-hybridized carbons (Fsp3) is 0.500. The molecule has 1 saturated carbocycles. The summed E-state index contributed by atoms with van der Waals surface area (Å²) in [6, 6.07) is 6.39. The van der Waals surface area contributed by atoms with Gasteiger partial charge in [-0.3, -0.25) is 14.4 Å². The quantitative estimate of drug-likeness (QED) is 0.806. The van der Waals surface area contributed by atoms with Crippen LogP contribution in [0, 0.1) is 11.3 Å². The molecule has 1 heterocycles. The van der Waals surface area contributed by atoms with E-state index in [-0.39, 0.29) is 24.9 Å². The third kappa shape index (κ3) is 3.31. The molecule has 0 unspecified atom stereocenters. The summed E-state index contributed by atoms with van der Waals surface area (Å²) in [5.41, 5.74) is 4.82. The van der Waals surface area contributed by atoms with Crippen LogP contribution in [0.2, 0.25) is 0 Å². The molecule has 2 fully saturated rings. The molecule has 1 aromatic rings. The van der Waals surface area contributed by atoms with Crippen molar-refractivity contribution in [3.8, 4) is 5.75 Å². The number of hydrogen-bond acceptors (Lipinski definition) is 4. The zero-order valence-electron chi connectivity index (χ0n) is 13.9. The zero-order chi connectivity index (χ0) is 18.0. The van der Waals surface area contributed by atoms with Crippen LogP contribution in [0.3, 0.4) is 0 Å². The first-order valence-corrected chi connectivity index (χ1v) is 8.46. The second-order valence-electron chi connectivity index (χ2n) is 6.81. The molecule has 134 valence electrons. The molecule has 1 aromatic carbocycles. The molecule has 0 aromatic heterocycles. The van der Waals surface area contributed by atoms with Crippen LogP contribution in [-0.2, 0) is 9.59 Å². The van der Waals surface area contributed by atoms with E-state index in [0.717, 1.165) is 12.8 Å². The lowest BCUT2D eigenvalue weighted by Gasteiger charge is -2.23. The number of ether oxygens (including phenoxy) is 1. The van der Waals surface area contributed by atoms with Crippen LogP contribution in [0.4, 0.5) is 0 Å². The number of rotatable bonds is 6. The number of carbonyl (C=O) groups is 3. The maximum absolute atomic E-state index is 12.4. The largest absolute Gasteiger partial charge is 0.493 e. The summed E-state index contributed by atoms with van der Waals surface area (Å²) in [4.78, 5) is 36.7. The fourth-order valence-electron chi connectivity index (χ4n) is 3.96. The number of hydrogen-bond donors (Lipinski definition) is 2. The van der Waals surface area contributed by atoms with Crippen molar-refractivity contribution >= 4 is 17.8 Å². The van der Waals surface area contributed by atoms with E-state index < -0.39 is 17.3 Å². The van der Waals surface area contributed by atoms with E-state index in [0.29, 0.717) is 30.8 Å². The molecule has 2 aliphatic rings. The maximum atomic E-state index is 12.4. The Labute approximate surface area is 145 Å². The molecule has 25 heavy (non-hydrogen) atoms. The number of aliphatic carboxylic acids is 1. The van der Waals surface area contributed by atoms with Crippen molar-refractivity contribution in [3.63, 3.8) is 0 Å². The van der Waals surface area contributed by atoms with Gasteiger partial charge in [0.1, 0.15) is 5.75 Å². The van der Waals surface area contributed by atoms with Crippen molar-refractivity contribution in [1.82, 2.24) is 4.90 Å². The van der Waals surface area contributed by atoms with Gasteiger partial charge in [-0.15, -0.1) is 0 Å². The Hall–Kier alpha value is -2.57. The van der Waals surface area contributed by atoms with Gasteiger partial charge < -0.3 is 20.5 Å². The van der Waals surface area contributed by atoms with E-state index in [1.165, 1.54) is 0 Å². The van der Waals surface area contributed by atoms with E-state index in [1.807, 2.05) is 0 Å². The van der Waals surface area contributed by atoms with E-state index in [9.17, 15) is 19.5 Å². The highest BCUT2D eigenvalue weighted by Crippen LogP contribution is 2.48. The Morgan fingerprint density at radius 1 is 1.28 bits per heavy atom. The van der Waals surface area contributed by atoms with Crippen LogP contribution in [-0.4, -0.2) is 47.5 Å². The van der Waals surface area contributed by atoms with Crippen LogP contribution < -0.4 is 10.5 Å². The Kier molecular flexibility index (Phi) is 4.65. The first-order chi connectivity index (χ1) is 11.9. The summed E-state index contributed by atoms with van der Waals surface area (Å²) in [6.07, 6.45) is 2.64. The first-order valence-electron chi connectivity index (χ1n) is 8.46. The number of fused-ring (bicyclic) bond motifs is 1. The number of carboxylic acids is 1. The minimum Gasteiger partial charge on any atom is -0.493 e. The lowest BCUT2D eigenvalue weighted by Crippen LogP contribution is -2.37. The number of nitrogens with two attached hydrogens (primary N) is 1. The molecule has 1 aliphatic heterocycles. The van der Waals surface area contributed by atoms with Crippen LogP contribution in [0.1, 0.15) is 36.0 Å². The molecule has 0 spiro atoms. The van der Waals surface area contributed by atoms with Crippen molar-refractivity contribution in [2.45, 2.75) is 25.7 Å². The van der Waals surface area contributed by atoms with Gasteiger partial charge in [0, 0.05) is 18.7 Å². The standard InChI is InChI=1S/C18H22N2O5/c19-16(22)12-3-5-14(6-4-12)25-9-7-15(21)20-10-13-2-1-8-18(13,11-20)17(23)24/h3-6,13H,1-2,7-11H2,(H2,19,22)(H,23,24)/t13-,18+/m0/s1. The Bertz CT molecular complexity index is 687. The number of primary amides is 1. The lowest BCUT2D eigenvalue weighted by atomic mass is 9.81. The molecule has 7 heteroatoms. The second-order valence-corrected chi connectivity index (χ2v) is 6.81. The third-order valence-electron chi connectivity index (χ3n) is 5.37. The average molecular weight is 346 g/mol. The van der Waals surface area contributed by atoms with Gasteiger partial charge in [0.2, 0.25) is 11.8 Å². The Balaban J connectivity index is 1.50. The molecule has 1 saturated heterocycles. The van der Waals surface area contributed by atoms with Gasteiger partial charge in [0.25, 0.3) is 0 Å². The summed E-state index contributed by atoms with van der Waals surface area (Å²) >= 11 is 0. The summed E-state index contributed by atoms with van der Waals surface area (Å²) < 4.78 is 5.52. The lowest BCUT2D eigenvalue weighted by molar-refractivity contribution is -0.149. The maximum Gasteiger partial charge on any atom is 0.311 e. The highest BCUT2D eigenvalue weighted by Gasteiger charge is 2.55. The van der Waals surface area contributed by atoms with E-state index in [4.69, 9.17) is 10.5 Å². The molecule has 2 atom stereocenters.